The summed E-state index contributed by atoms with van der Waals surface area (Å²) in [4.78, 5) is 24.7. The van der Waals surface area contributed by atoms with E-state index in [1.54, 1.807) is 60.7 Å². The van der Waals surface area contributed by atoms with Crippen molar-refractivity contribution in [1.82, 2.24) is 5.43 Å². The highest BCUT2D eigenvalue weighted by molar-refractivity contribution is 9.10. The minimum atomic E-state index is -0.593. The summed E-state index contributed by atoms with van der Waals surface area (Å²) >= 11 is 12.7. The summed E-state index contributed by atoms with van der Waals surface area (Å²) in [6.45, 7) is 0. The SMILES string of the molecule is O=C(Oc1ccc(Br)cc1/C=N\NC(=O)c1ccccc1Br)c1ccccc1Cl. The van der Waals surface area contributed by atoms with Crippen LogP contribution in [-0.4, -0.2) is 18.1 Å². The van der Waals surface area contributed by atoms with Gasteiger partial charge in [0.2, 0.25) is 0 Å². The molecule has 8 heteroatoms. The van der Waals surface area contributed by atoms with Crippen LogP contribution in [0.2, 0.25) is 5.02 Å². The fourth-order valence-corrected chi connectivity index (χ4v) is 3.42. The minimum absolute atomic E-state index is 0.252. The molecule has 1 amide bonds. The third-order valence-electron chi connectivity index (χ3n) is 3.76. The van der Waals surface area contributed by atoms with E-state index in [2.05, 4.69) is 42.4 Å². The number of hydrogen-bond acceptors (Lipinski definition) is 4. The van der Waals surface area contributed by atoms with Gasteiger partial charge in [-0.3, -0.25) is 4.79 Å². The maximum Gasteiger partial charge on any atom is 0.345 e. The summed E-state index contributed by atoms with van der Waals surface area (Å²) in [5.74, 6) is -0.694. The van der Waals surface area contributed by atoms with Crippen LogP contribution in [-0.2, 0) is 0 Å². The maximum atomic E-state index is 12.4. The van der Waals surface area contributed by atoms with Gasteiger partial charge in [0.15, 0.2) is 0 Å². The Bertz CT molecular complexity index is 1100. The summed E-state index contributed by atoms with van der Waals surface area (Å²) < 4.78 is 6.89. The molecule has 1 N–H and O–H groups in total. The highest BCUT2D eigenvalue weighted by Crippen LogP contribution is 2.24. The quantitative estimate of drug-likeness (QED) is 0.193. The lowest BCUT2D eigenvalue weighted by Gasteiger charge is -2.09. The van der Waals surface area contributed by atoms with Gasteiger partial charge in [0.1, 0.15) is 5.75 Å². The van der Waals surface area contributed by atoms with Gasteiger partial charge in [-0.1, -0.05) is 51.8 Å². The molecule has 3 rings (SSSR count). The number of ether oxygens (including phenoxy) is 1. The van der Waals surface area contributed by atoms with E-state index in [0.29, 0.717) is 20.6 Å². The van der Waals surface area contributed by atoms with Crippen LogP contribution in [0.5, 0.6) is 5.75 Å². The van der Waals surface area contributed by atoms with E-state index in [1.165, 1.54) is 6.21 Å². The largest absolute Gasteiger partial charge is 0.422 e. The molecule has 0 aliphatic heterocycles. The van der Waals surface area contributed by atoms with Crippen LogP contribution in [0.3, 0.4) is 0 Å². The second kappa shape index (κ2) is 9.82. The third-order valence-corrected chi connectivity index (χ3v) is 5.27. The molecule has 0 saturated heterocycles. The standard InChI is InChI=1S/C21H13Br2ClN2O3/c22-14-9-10-19(29-21(28)16-6-2-4-8-18(16)24)13(11-14)12-25-26-20(27)15-5-1-3-7-17(15)23/h1-12H,(H,26,27)/b25-12-. The van der Waals surface area contributed by atoms with Crippen LogP contribution in [0.25, 0.3) is 0 Å². The Morgan fingerprint density at radius 3 is 2.38 bits per heavy atom. The maximum absolute atomic E-state index is 12.4. The summed E-state index contributed by atoms with van der Waals surface area (Å²) in [7, 11) is 0. The Morgan fingerprint density at radius 2 is 1.66 bits per heavy atom. The molecule has 0 heterocycles. The normalized spacial score (nSPS) is 10.7. The van der Waals surface area contributed by atoms with Crippen molar-refractivity contribution in [2.45, 2.75) is 0 Å². The number of esters is 1. The van der Waals surface area contributed by atoms with E-state index in [0.717, 1.165) is 4.47 Å². The molecule has 0 aromatic heterocycles. The van der Waals surface area contributed by atoms with Crippen LogP contribution >= 0.6 is 43.5 Å². The molecule has 0 bridgehead atoms. The highest BCUT2D eigenvalue weighted by Gasteiger charge is 2.14. The second-order valence-corrected chi connectivity index (χ2v) is 7.91. The van der Waals surface area contributed by atoms with Crippen molar-refractivity contribution in [3.63, 3.8) is 0 Å². The van der Waals surface area contributed by atoms with E-state index < -0.39 is 5.97 Å². The number of nitrogens with zero attached hydrogens (tertiary/aromatic N) is 1. The predicted molar refractivity (Wildman–Crippen MR) is 120 cm³/mol. The minimum Gasteiger partial charge on any atom is -0.422 e. The Morgan fingerprint density at radius 1 is 0.966 bits per heavy atom. The molecule has 0 saturated carbocycles. The van der Waals surface area contributed by atoms with Crippen molar-refractivity contribution in [1.29, 1.82) is 0 Å². The number of amides is 1. The van der Waals surface area contributed by atoms with E-state index in [1.807, 2.05) is 6.07 Å². The summed E-state index contributed by atoms with van der Waals surface area (Å²) in [6.07, 6.45) is 1.40. The van der Waals surface area contributed by atoms with Gasteiger partial charge in [-0.2, -0.15) is 5.10 Å². The third kappa shape index (κ3) is 5.53. The molecule has 146 valence electrons. The molecule has 0 spiro atoms. The molecule has 29 heavy (non-hydrogen) atoms. The Hall–Kier alpha value is -2.48. The topological polar surface area (TPSA) is 67.8 Å². The number of halogens is 3. The molecule has 5 nitrogen and oxygen atoms in total. The molecule has 0 fully saturated rings. The number of nitrogens with one attached hydrogen (secondary N) is 1. The average molecular weight is 537 g/mol. The van der Waals surface area contributed by atoms with Crippen LogP contribution in [0.4, 0.5) is 0 Å². The Labute approximate surface area is 189 Å². The summed E-state index contributed by atoms with van der Waals surface area (Å²) in [6, 6.07) is 18.7. The fourth-order valence-electron chi connectivity index (χ4n) is 2.36. The zero-order chi connectivity index (χ0) is 20.8. The number of carbonyl (C=O) groups is 2. The van der Waals surface area contributed by atoms with Gasteiger partial charge < -0.3 is 4.74 Å². The Balaban J connectivity index is 1.77. The van der Waals surface area contributed by atoms with Crippen molar-refractivity contribution in [2.24, 2.45) is 5.10 Å². The highest BCUT2D eigenvalue weighted by atomic mass is 79.9. The number of hydrogen-bond donors (Lipinski definition) is 1. The lowest BCUT2D eigenvalue weighted by molar-refractivity contribution is 0.0734. The number of carbonyl (C=O) groups excluding carboxylic acids is 2. The number of benzene rings is 3. The molecular weight excluding hydrogens is 524 g/mol. The summed E-state index contributed by atoms with van der Waals surface area (Å²) in [5, 5.41) is 4.27. The molecule has 3 aromatic rings. The van der Waals surface area contributed by atoms with Gasteiger partial charge in [-0.15, -0.1) is 0 Å². The zero-order valence-corrected chi connectivity index (χ0v) is 18.7. The molecule has 0 atom stereocenters. The summed E-state index contributed by atoms with van der Waals surface area (Å²) in [5.41, 5.74) is 3.65. The predicted octanol–water partition coefficient (Wildman–Crippen LogP) is 5.85. The lowest BCUT2D eigenvalue weighted by atomic mass is 10.2. The van der Waals surface area contributed by atoms with Gasteiger partial charge in [-0.25, -0.2) is 10.2 Å². The first-order valence-electron chi connectivity index (χ1n) is 8.30. The fraction of sp³-hybridized carbons (Fsp3) is 0. The van der Waals surface area contributed by atoms with Crippen molar-refractivity contribution < 1.29 is 14.3 Å². The first-order chi connectivity index (χ1) is 14.0. The van der Waals surface area contributed by atoms with Gasteiger partial charge >= 0.3 is 5.97 Å². The van der Waals surface area contributed by atoms with Gasteiger partial charge in [0.25, 0.3) is 5.91 Å². The number of rotatable bonds is 5. The van der Waals surface area contributed by atoms with Crippen molar-refractivity contribution in [3.8, 4) is 5.75 Å². The smallest absolute Gasteiger partial charge is 0.345 e. The monoisotopic (exact) mass is 534 g/mol. The van der Waals surface area contributed by atoms with Crippen molar-refractivity contribution in [3.05, 3.63) is 97.4 Å². The average Bonchev–Trinajstić information content (AvgIpc) is 2.70. The van der Waals surface area contributed by atoms with Crippen LogP contribution < -0.4 is 10.2 Å². The van der Waals surface area contributed by atoms with E-state index >= 15 is 0 Å². The Kier molecular flexibility index (Phi) is 7.19. The van der Waals surface area contributed by atoms with Gasteiger partial charge in [0, 0.05) is 14.5 Å². The van der Waals surface area contributed by atoms with E-state index in [-0.39, 0.29) is 17.2 Å². The molecule has 0 aliphatic carbocycles. The van der Waals surface area contributed by atoms with Crippen LogP contribution in [0.15, 0.2) is 80.8 Å². The van der Waals surface area contributed by atoms with Crippen molar-refractivity contribution in [2.75, 3.05) is 0 Å². The molecule has 0 radical (unpaired) electrons. The number of hydrazone groups is 1. The van der Waals surface area contributed by atoms with Gasteiger partial charge in [0.05, 0.1) is 22.4 Å². The first-order valence-corrected chi connectivity index (χ1v) is 10.3. The molecule has 0 unspecified atom stereocenters. The second-order valence-electron chi connectivity index (χ2n) is 5.73. The van der Waals surface area contributed by atoms with Crippen molar-refractivity contribution >= 4 is 61.6 Å². The zero-order valence-electron chi connectivity index (χ0n) is 14.7. The van der Waals surface area contributed by atoms with E-state index in [9.17, 15) is 9.59 Å². The molecular formula is C21H13Br2ClN2O3. The first kappa shape index (κ1) is 21.2. The molecule has 3 aromatic carbocycles. The lowest BCUT2D eigenvalue weighted by Crippen LogP contribution is -2.18. The molecule has 0 aliphatic rings. The van der Waals surface area contributed by atoms with Crippen LogP contribution in [0.1, 0.15) is 26.3 Å². The van der Waals surface area contributed by atoms with Crippen LogP contribution in [0, 0.1) is 0 Å². The van der Waals surface area contributed by atoms with E-state index in [4.69, 9.17) is 16.3 Å². The van der Waals surface area contributed by atoms with Gasteiger partial charge in [-0.05, 0) is 58.4 Å².